The van der Waals surface area contributed by atoms with Gasteiger partial charge in [0.2, 0.25) is 0 Å². The third-order valence-corrected chi connectivity index (χ3v) is 2.12. The van der Waals surface area contributed by atoms with Crippen LogP contribution < -0.4 is 4.57 Å². The van der Waals surface area contributed by atoms with Crippen LogP contribution in [0.15, 0.2) is 24.3 Å². The molecule has 74 valence electrons. The summed E-state index contributed by atoms with van der Waals surface area (Å²) >= 11 is 0. The van der Waals surface area contributed by atoms with Gasteiger partial charge in [0, 0.05) is 0 Å². The molecule has 0 saturated heterocycles. The van der Waals surface area contributed by atoms with Crippen LogP contribution in [0, 0.1) is 0 Å². The second-order valence-corrected chi connectivity index (χ2v) is 3.05. The number of fused-ring (bicyclic) bond motifs is 1. The van der Waals surface area contributed by atoms with E-state index in [-0.39, 0.29) is 0 Å². The molecular weight excluding hydrogens is 193 g/mol. The SMILES string of the molecule is C[n+]1c(C(F)(F)F)[nH]c2ccccc21. The van der Waals surface area contributed by atoms with Crippen LogP contribution in [0.5, 0.6) is 0 Å². The number of nitrogens with one attached hydrogen (secondary N) is 1. The molecule has 2 nitrogen and oxygen atoms in total. The molecule has 0 amide bonds. The number of H-pyrrole nitrogens is 1. The quantitative estimate of drug-likeness (QED) is 0.629. The van der Waals surface area contributed by atoms with Gasteiger partial charge in [0.1, 0.15) is 0 Å². The van der Waals surface area contributed by atoms with Crippen molar-refractivity contribution in [3.8, 4) is 0 Å². The van der Waals surface area contributed by atoms with E-state index in [4.69, 9.17) is 0 Å². The van der Waals surface area contributed by atoms with Gasteiger partial charge in [0.05, 0.1) is 7.05 Å². The van der Waals surface area contributed by atoms with Crippen molar-refractivity contribution in [1.29, 1.82) is 0 Å². The van der Waals surface area contributed by atoms with Gasteiger partial charge in [-0.3, -0.25) is 0 Å². The number of aromatic amines is 1. The van der Waals surface area contributed by atoms with E-state index in [9.17, 15) is 13.2 Å². The van der Waals surface area contributed by atoms with Gasteiger partial charge in [-0.25, -0.2) is 9.55 Å². The molecule has 0 radical (unpaired) electrons. The molecular formula is C9H8F3N2+. The number of aryl methyl sites for hydroxylation is 1. The van der Waals surface area contributed by atoms with Crippen LogP contribution in [0.25, 0.3) is 11.0 Å². The summed E-state index contributed by atoms with van der Waals surface area (Å²) in [6.45, 7) is 0. The number of rotatable bonds is 0. The topological polar surface area (TPSA) is 19.7 Å². The Kier molecular flexibility index (Phi) is 1.77. The number of benzene rings is 1. The van der Waals surface area contributed by atoms with E-state index in [2.05, 4.69) is 4.98 Å². The average molecular weight is 201 g/mol. The molecule has 0 aliphatic heterocycles. The Morgan fingerprint density at radius 1 is 1.21 bits per heavy atom. The van der Waals surface area contributed by atoms with Gasteiger partial charge in [-0.1, -0.05) is 12.1 Å². The van der Waals surface area contributed by atoms with Gasteiger partial charge in [0.25, 0.3) is 0 Å². The molecule has 0 fully saturated rings. The number of imidazole rings is 1. The van der Waals surface area contributed by atoms with Crippen LogP contribution in [0.2, 0.25) is 0 Å². The Hall–Kier alpha value is -1.52. The van der Waals surface area contributed by atoms with E-state index >= 15 is 0 Å². The molecule has 2 rings (SSSR count). The number of hydrogen-bond donors (Lipinski definition) is 1. The summed E-state index contributed by atoms with van der Waals surface area (Å²) in [5.74, 6) is -0.737. The van der Waals surface area contributed by atoms with Crippen molar-refractivity contribution in [3.05, 3.63) is 30.1 Å². The van der Waals surface area contributed by atoms with Gasteiger partial charge < -0.3 is 0 Å². The van der Waals surface area contributed by atoms with Gasteiger partial charge >= 0.3 is 12.0 Å². The van der Waals surface area contributed by atoms with Gasteiger partial charge in [-0.05, 0) is 12.1 Å². The summed E-state index contributed by atoms with van der Waals surface area (Å²) in [6.07, 6.45) is -4.34. The number of alkyl halides is 3. The van der Waals surface area contributed by atoms with E-state index in [1.54, 1.807) is 24.3 Å². The minimum Gasteiger partial charge on any atom is -0.233 e. The molecule has 0 atom stereocenters. The first-order chi connectivity index (χ1) is 6.50. The molecule has 0 bridgehead atoms. The van der Waals surface area contributed by atoms with Crippen molar-refractivity contribution < 1.29 is 17.7 Å². The Balaban J connectivity index is 2.75. The molecule has 0 aliphatic rings. The Bertz CT molecular complexity index is 470. The van der Waals surface area contributed by atoms with Crippen molar-refractivity contribution in [2.45, 2.75) is 6.18 Å². The second-order valence-electron chi connectivity index (χ2n) is 3.05. The first-order valence-corrected chi connectivity index (χ1v) is 4.04. The minimum atomic E-state index is -4.34. The first kappa shape index (κ1) is 9.05. The molecule has 2 aromatic rings. The van der Waals surface area contributed by atoms with Gasteiger partial charge in [-0.2, -0.15) is 13.2 Å². The molecule has 0 unspecified atom stereocenters. The van der Waals surface area contributed by atoms with Crippen molar-refractivity contribution in [2.24, 2.45) is 7.05 Å². The van der Waals surface area contributed by atoms with Crippen LogP contribution in [0.3, 0.4) is 0 Å². The largest absolute Gasteiger partial charge is 0.494 e. The lowest BCUT2D eigenvalue weighted by Gasteiger charge is -1.98. The Morgan fingerprint density at radius 3 is 2.43 bits per heavy atom. The lowest BCUT2D eigenvalue weighted by atomic mass is 10.3. The van der Waals surface area contributed by atoms with Crippen LogP contribution in [0.1, 0.15) is 5.82 Å². The molecule has 14 heavy (non-hydrogen) atoms. The smallest absolute Gasteiger partial charge is 0.233 e. The highest BCUT2D eigenvalue weighted by Gasteiger charge is 2.42. The third kappa shape index (κ3) is 1.25. The second kappa shape index (κ2) is 2.73. The van der Waals surface area contributed by atoms with Gasteiger partial charge in [-0.15, -0.1) is 0 Å². The number of para-hydroxylation sites is 2. The fourth-order valence-electron chi connectivity index (χ4n) is 1.46. The van der Waals surface area contributed by atoms with Crippen LogP contribution >= 0.6 is 0 Å². The van der Waals surface area contributed by atoms with Crippen LogP contribution in [-0.4, -0.2) is 4.98 Å². The molecule has 0 aliphatic carbocycles. The van der Waals surface area contributed by atoms with Crippen LogP contribution in [0.4, 0.5) is 13.2 Å². The minimum absolute atomic E-state index is 0.488. The highest BCUT2D eigenvalue weighted by atomic mass is 19.4. The number of aromatic nitrogens is 2. The number of hydrogen-bond acceptors (Lipinski definition) is 0. The zero-order chi connectivity index (χ0) is 10.3. The highest BCUT2D eigenvalue weighted by Crippen LogP contribution is 2.26. The van der Waals surface area contributed by atoms with Crippen molar-refractivity contribution in [3.63, 3.8) is 0 Å². The first-order valence-electron chi connectivity index (χ1n) is 4.04. The maximum atomic E-state index is 12.4. The molecule has 5 heteroatoms. The standard InChI is InChI=1S/C9H7F3N2/c1-14-7-5-3-2-4-6(7)13-8(14)9(10,11)12/h2-5H,1H3/p+1. The lowest BCUT2D eigenvalue weighted by Crippen LogP contribution is -2.36. The van der Waals surface area contributed by atoms with Crippen molar-refractivity contribution in [1.82, 2.24) is 4.98 Å². The van der Waals surface area contributed by atoms with Crippen LogP contribution in [-0.2, 0) is 13.2 Å². The van der Waals surface area contributed by atoms with Crippen molar-refractivity contribution in [2.75, 3.05) is 0 Å². The predicted molar refractivity (Wildman–Crippen MR) is 44.5 cm³/mol. The summed E-state index contributed by atoms with van der Waals surface area (Å²) < 4.78 is 38.4. The van der Waals surface area contributed by atoms with Gasteiger partial charge in [0.15, 0.2) is 11.0 Å². The third-order valence-electron chi connectivity index (χ3n) is 2.12. The fraction of sp³-hybridized carbons (Fsp3) is 0.222. The van der Waals surface area contributed by atoms with E-state index in [1.165, 1.54) is 7.05 Å². The maximum absolute atomic E-state index is 12.4. The summed E-state index contributed by atoms with van der Waals surface area (Å²) in [4.78, 5) is 2.34. The number of halogens is 3. The van der Waals surface area contributed by atoms with Crippen molar-refractivity contribution >= 4 is 11.0 Å². The molecule has 0 spiro atoms. The monoisotopic (exact) mass is 201 g/mol. The predicted octanol–water partition coefficient (Wildman–Crippen LogP) is 2.01. The summed E-state index contributed by atoms with van der Waals surface area (Å²) in [5, 5.41) is 0. The number of nitrogens with zero attached hydrogens (tertiary/aromatic N) is 1. The maximum Gasteiger partial charge on any atom is 0.494 e. The molecule has 1 aromatic carbocycles. The van der Waals surface area contributed by atoms with E-state index in [1.807, 2.05) is 0 Å². The van der Waals surface area contributed by atoms with E-state index < -0.39 is 12.0 Å². The normalized spacial score (nSPS) is 12.3. The molecule has 1 N–H and O–H groups in total. The Morgan fingerprint density at radius 2 is 1.86 bits per heavy atom. The zero-order valence-electron chi connectivity index (χ0n) is 7.39. The van der Waals surface area contributed by atoms with E-state index in [0.717, 1.165) is 4.57 Å². The zero-order valence-corrected chi connectivity index (χ0v) is 7.39. The summed E-state index contributed by atoms with van der Waals surface area (Å²) in [7, 11) is 1.39. The highest BCUT2D eigenvalue weighted by molar-refractivity contribution is 5.71. The average Bonchev–Trinajstić information content (AvgIpc) is 2.44. The summed E-state index contributed by atoms with van der Waals surface area (Å²) in [6, 6.07) is 6.65. The van der Waals surface area contributed by atoms with E-state index in [0.29, 0.717) is 11.0 Å². The Labute approximate surface area is 78.0 Å². The summed E-state index contributed by atoms with van der Waals surface area (Å²) in [5.41, 5.74) is 1.03. The molecule has 1 aromatic heterocycles. The molecule has 0 saturated carbocycles. The molecule has 1 heterocycles. The fourth-order valence-corrected chi connectivity index (χ4v) is 1.46. The lowest BCUT2D eigenvalue weighted by molar-refractivity contribution is -0.666.